The van der Waals surface area contributed by atoms with E-state index in [1.807, 2.05) is 0 Å². The third kappa shape index (κ3) is 4.14. The average molecular weight is 331 g/mol. The molecule has 0 aliphatic carbocycles. The van der Waals surface area contributed by atoms with Crippen LogP contribution in [0.15, 0.2) is 47.4 Å². The molecule has 0 saturated carbocycles. The van der Waals surface area contributed by atoms with Crippen LogP contribution in [0.25, 0.3) is 11.1 Å². The van der Waals surface area contributed by atoms with Gasteiger partial charge in [-0.1, -0.05) is 12.1 Å². The minimum Gasteiger partial charge on any atom is -0.406 e. The summed E-state index contributed by atoms with van der Waals surface area (Å²) < 4.78 is 63.8. The number of rotatable bonds is 3. The fourth-order valence-corrected chi connectivity index (χ4v) is 2.55. The molecule has 0 amide bonds. The van der Waals surface area contributed by atoms with Gasteiger partial charge in [-0.3, -0.25) is 0 Å². The van der Waals surface area contributed by atoms with Crippen molar-refractivity contribution in [3.8, 4) is 16.9 Å². The summed E-state index contributed by atoms with van der Waals surface area (Å²) in [4.78, 5) is 0.0608. The minimum atomic E-state index is -4.83. The highest BCUT2D eigenvalue weighted by Gasteiger charge is 2.31. The Bertz CT molecular complexity index is 801. The molecule has 22 heavy (non-hydrogen) atoms. The summed E-state index contributed by atoms with van der Waals surface area (Å²) in [5.41, 5.74) is 6.39. The summed E-state index contributed by atoms with van der Waals surface area (Å²) in [7, 11) is -3.42. The van der Waals surface area contributed by atoms with E-state index < -0.39 is 21.9 Å². The molecule has 2 rings (SSSR count). The zero-order chi connectivity index (χ0) is 16.5. The predicted molar refractivity (Wildman–Crippen MR) is 76.1 cm³/mol. The Balaban J connectivity index is 2.49. The van der Waals surface area contributed by atoms with Gasteiger partial charge < -0.3 is 10.5 Å². The molecule has 0 heterocycles. The molecule has 2 aromatic carbocycles. The van der Waals surface area contributed by atoms with Crippen molar-refractivity contribution in [2.45, 2.75) is 11.3 Å². The second-order valence-electron chi connectivity index (χ2n) is 4.64. The van der Waals surface area contributed by atoms with Crippen molar-refractivity contribution in [1.29, 1.82) is 0 Å². The molecule has 0 saturated heterocycles. The van der Waals surface area contributed by atoms with Crippen LogP contribution in [-0.4, -0.2) is 21.0 Å². The van der Waals surface area contributed by atoms with Crippen LogP contribution in [0.5, 0.6) is 5.75 Å². The standard InChI is InChI=1S/C14H12F3NO3S/c1-22(19,20)13-4-2-3-9(7-13)10-5-11(18)8-12(6-10)21-14(15,16)17/h2-8H,18H2,1H3. The Kier molecular flexibility index (Phi) is 4.06. The predicted octanol–water partition coefficient (Wildman–Crippen LogP) is 3.24. The maximum atomic E-state index is 12.3. The largest absolute Gasteiger partial charge is 0.573 e. The van der Waals surface area contributed by atoms with Crippen molar-refractivity contribution >= 4 is 15.5 Å². The highest BCUT2D eigenvalue weighted by atomic mass is 32.2. The van der Waals surface area contributed by atoms with E-state index in [9.17, 15) is 21.6 Å². The quantitative estimate of drug-likeness (QED) is 0.877. The number of alkyl halides is 3. The summed E-state index contributed by atoms with van der Waals surface area (Å²) in [5, 5.41) is 0. The maximum Gasteiger partial charge on any atom is 0.573 e. The molecule has 2 N–H and O–H groups in total. The van der Waals surface area contributed by atoms with Crippen molar-refractivity contribution in [2.75, 3.05) is 12.0 Å². The number of hydrogen-bond acceptors (Lipinski definition) is 4. The van der Waals surface area contributed by atoms with E-state index >= 15 is 0 Å². The van der Waals surface area contributed by atoms with Gasteiger partial charge in [0.2, 0.25) is 0 Å². The van der Waals surface area contributed by atoms with Crippen LogP contribution in [0.1, 0.15) is 0 Å². The molecule has 4 nitrogen and oxygen atoms in total. The van der Waals surface area contributed by atoms with Crippen LogP contribution in [-0.2, 0) is 9.84 Å². The molecule has 0 fully saturated rings. The number of ether oxygens (including phenoxy) is 1. The maximum absolute atomic E-state index is 12.3. The van der Waals surface area contributed by atoms with E-state index in [2.05, 4.69) is 4.74 Å². The molecule has 0 spiro atoms. The minimum absolute atomic E-state index is 0.0608. The Hall–Kier alpha value is -2.22. The molecule has 0 atom stereocenters. The van der Waals surface area contributed by atoms with Gasteiger partial charge >= 0.3 is 6.36 Å². The van der Waals surface area contributed by atoms with Gasteiger partial charge in [0.25, 0.3) is 0 Å². The van der Waals surface area contributed by atoms with E-state index in [-0.39, 0.29) is 10.6 Å². The van der Waals surface area contributed by atoms with Gasteiger partial charge in [-0.05, 0) is 35.4 Å². The van der Waals surface area contributed by atoms with Crippen molar-refractivity contribution < 1.29 is 26.3 Å². The van der Waals surface area contributed by atoms with Gasteiger partial charge in [0.15, 0.2) is 9.84 Å². The third-order valence-corrected chi connectivity index (χ3v) is 3.87. The highest BCUT2D eigenvalue weighted by molar-refractivity contribution is 7.90. The van der Waals surface area contributed by atoms with Crippen LogP contribution < -0.4 is 10.5 Å². The second-order valence-corrected chi connectivity index (χ2v) is 6.65. The molecule has 0 aromatic heterocycles. The van der Waals surface area contributed by atoms with Gasteiger partial charge in [-0.25, -0.2) is 8.42 Å². The van der Waals surface area contributed by atoms with Crippen LogP contribution >= 0.6 is 0 Å². The third-order valence-electron chi connectivity index (χ3n) is 2.76. The Morgan fingerprint density at radius 2 is 1.73 bits per heavy atom. The normalized spacial score (nSPS) is 12.2. The number of benzene rings is 2. The molecule has 2 aromatic rings. The topological polar surface area (TPSA) is 69.4 Å². The monoisotopic (exact) mass is 331 g/mol. The lowest BCUT2D eigenvalue weighted by atomic mass is 10.0. The molecular weight excluding hydrogens is 319 g/mol. The zero-order valence-corrected chi connectivity index (χ0v) is 12.2. The fourth-order valence-electron chi connectivity index (χ4n) is 1.89. The van der Waals surface area contributed by atoms with Crippen molar-refractivity contribution in [3.05, 3.63) is 42.5 Å². The summed E-state index contributed by atoms with van der Waals surface area (Å²) in [6.45, 7) is 0. The number of halogens is 3. The summed E-state index contributed by atoms with van der Waals surface area (Å²) in [5.74, 6) is -0.466. The fraction of sp³-hybridized carbons (Fsp3) is 0.143. The molecule has 0 bridgehead atoms. The average Bonchev–Trinajstić information content (AvgIpc) is 2.35. The van der Waals surface area contributed by atoms with Gasteiger partial charge in [-0.15, -0.1) is 13.2 Å². The van der Waals surface area contributed by atoms with Crippen molar-refractivity contribution in [1.82, 2.24) is 0 Å². The number of sulfone groups is 1. The molecule has 0 aliphatic heterocycles. The highest BCUT2D eigenvalue weighted by Crippen LogP contribution is 2.31. The van der Waals surface area contributed by atoms with Crippen LogP contribution in [0.3, 0.4) is 0 Å². The van der Waals surface area contributed by atoms with Crippen molar-refractivity contribution in [2.24, 2.45) is 0 Å². The molecule has 0 unspecified atom stereocenters. The summed E-state index contributed by atoms with van der Waals surface area (Å²) in [6.07, 6.45) is -3.79. The van der Waals surface area contributed by atoms with Crippen LogP contribution in [0.2, 0.25) is 0 Å². The second kappa shape index (κ2) is 5.53. The first-order valence-electron chi connectivity index (χ1n) is 6.01. The smallest absolute Gasteiger partial charge is 0.406 e. The van der Waals surface area contributed by atoms with Gasteiger partial charge in [0, 0.05) is 18.0 Å². The first kappa shape index (κ1) is 16.2. The van der Waals surface area contributed by atoms with E-state index in [4.69, 9.17) is 5.73 Å². The zero-order valence-electron chi connectivity index (χ0n) is 11.4. The Morgan fingerprint density at radius 1 is 1.05 bits per heavy atom. The van der Waals surface area contributed by atoms with Gasteiger partial charge in [0.1, 0.15) is 5.75 Å². The number of nitrogen functional groups attached to an aromatic ring is 1. The lowest BCUT2D eigenvalue weighted by Crippen LogP contribution is -2.17. The summed E-state index contributed by atoms with van der Waals surface area (Å²) >= 11 is 0. The Morgan fingerprint density at radius 3 is 2.32 bits per heavy atom. The van der Waals surface area contributed by atoms with E-state index in [0.717, 1.165) is 18.4 Å². The van der Waals surface area contributed by atoms with Crippen molar-refractivity contribution in [3.63, 3.8) is 0 Å². The first-order valence-corrected chi connectivity index (χ1v) is 7.90. The number of nitrogens with two attached hydrogens (primary N) is 1. The van der Waals surface area contributed by atoms with Gasteiger partial charge in [0.05, 0.1) is 4.90 Å². The molecule has 0 aliphatic rings. The molecular formula is C14H12F3NO3S. The molecule has 118 valence electrons. The lowest BCUT2D eigenvalue weighted by molar-refractivity contribution is -0.274. The summed E-state index contributed by atoms with van der Waals surface area (Å²) in [6, 6.07) is 9.45. The molecule has 8 heteroatoms. The van der Waals surface area contributed by atoms with E-state index in [1.54, 1.807) is 6.07 Å². The van der Waals surface area contributed by atoms with E-state index in [1.165, 1.54) is 24.3 Å². The van der Waals surface area contributed by atoms with Crippen LogP contribution in [0.4, 0.5) is 18.9 Å². The SMILES string of the molecule is CS(=O)(=O)c1cccc(-c2cc(N)cc(OC(F)(F)F)c2)c1. The van der Waals surface area contributed by atoms with Crippen LogP contribution in [0, 0.1) is 0 Å². The molecule has 0 radical (unpaired) electrons. The van der Waals surface area contributed by atoms with Gasteiger partial charge in [-0.2, -0.15) is 0 Å². The van der Waals surface area contributed by atoms with E-state index in [0.29, 0.717) is 11.1 Å². The lowest BCUT2D eigenvalue weighted by Gasteiger charge is -2.12. The number of hydrogen-bond donors (Lipinski definition) is 1. The first-order chi connectivity index (χ1) is 10.0. The number of anilines is 1. The Labute approximate surface area is 125 Å².